The number of anilines is 4. The smallest absolute Gasteiger partial charge is 0.217 e. The summed E-state index contributed by atoms with van der Waals surface area (Å²) < 4.78 is 23.5. The van der Waals surface area contributed by atoms with Crippen LogP contribution in [0.25, 0.3) is 43.6 Å². The van der Waals surface area contributed by atoms with Crippen molar-refractivity contribution in [1.82, 2.24) is 30.2 Å². The molecule has 312 valence electrons. The van der Waals surface area contributed by atoms with Gasteiger partial charge in [0, 0.05) is 99.2 Å². The molecule has 0 unspecified atom stereocenters. The fraction of sp³-hybridized carbons (Fsp3) is 0.271. The van der Waals surface area contributed by atoms with Gasteiger partial charge in [-0.2, -0.15) is 0 Å². The van der Waals surface area contributed by atoms with Gasteiger partial charge in [0.2, 0.25) is 5.91 Å². The summed E-state index contributed by atoms with van der Waals surface area (Å²) in [5.74, 6) is 2.65. The minimum atomic E-state index is -0.264. The van der Waals surface area contributed by atoms with Gasteiger partial charge in [0.15, 0.2) is 23.0 Å². The quantitative estimate of drug-likeness (QED) is 0.0718. The molecule has 2 aliphatic rings. The Labute approximate surface area is 353 Å². The van der Waals surface area contributed by atoms with E-state index in [0.717, 1.165) is 92.4 Å². The molecular formula is C48H50N8O5. The molecule has 5 N–H and O–H groups in total. The number of nitrogens with zero attached hydrogens (tertiary/aromatic N) is 3. The number of ether oxygens (including phenoxy) is 4. The predicted octanol–water partition coefficient (Wildman–Crippen LogP) is 9.46. The summed E-state index contributed by atoms with van der Waals surface area (Å²) >= 11 is 0. The van der Waals surface area contributed by atoms with E-state index in [2.05, 4.69) is 91.3 Å². The monoisotopic (exact) mass is 818 g/mol. The number of hydrogen-bond donors (Lipinski definition) is 5. The van der Waals surface area contributed by atoms with E-state index in [0.29, 0.717) is 30.5 Å². The van der Waals surface area contributed by atoms with Crippen LogP contribution in [0.4, 0.5) is 22.7 Å². The number of rotatable bonds is 14. The van der Waals surface area contributed by atoms with Crippen LogP contribution in [0.15, 0.2) is 110 Å². The first-order valence-electron chi connectivity index (χ1n) is 20.5. The maximum Gasteiger partial charge on any atom is 0.217 e. The normalized spacial score (nSPS) is 14.7. The third-order valence-corrected chi connectivity index (χ3v) is 11.8. The van der Waals surface area contributed by atoms with Gasteiger partial charge in [0.25, 0.3) is 0 Å². The third kappa shape index (κ3) is 8.42. The average molecular weight is 819 g/mol. The second-order valence-electron chi connectivity index (χ2n) is 16.2. The number of pyridine rings is 2. The van der Waals surface area contributed by atoms with Crippen molar-refractivity contribution in [3.63, 3.8) is 0 Å². The number of hydrogen-bond acceptors (Lipinski definition) is 10. The highest BCUT2D eigenvalue weighted by Gasteiger charge is 2.46. The van der Waals surface area contributed by atoms with Gasteiger partial charge in [-0.3, -0.25) is 14.8 Å². The maximum atomic E-state index is 11.4. The highest BCUT2D eigenvalue weighted by Crippen LogP contribution is 2.43. The minimum absolute atomic E-state index is 0.0400. The van der Waals surface area contributed by atoms with Crippen molar-refractivity contribution in [1.29, 1.82) is 0 Å². The molecule has 13 heteroatoms. The van der Waals surface area contributed by atoms with E-state index >= 15 is 0 Å². The molecule has 4 aromatic heterocycles. The fourth-order valence-electron chi connectivity index (χ4n) is 7.77. The van der Waals surface area contributed by atoms with Gasteiger partial charge in [-0.05, 0) is 113 Å². The van der Waals surface area contributed by atoms with E-state index in [-0.39, 0.29) is 17.0 Å². The number of amides is 1. The van der Waals surface area contributed by atoms with Crippen molar-refractivity contribution in [2.45, 2.75) is 43.7 Å². The number of nitrogens with one attached hydrogen (secondary N) is 5. The largest absolute Gasteiger partial charge is 0.493 e. The van der Waals surface area contributed by atoms with E-state index in [9.17, 15) is 4.79 Å². The molecule has 0 aliphatic heterocycles. The molecule has 0 atom stereocenters. The molecule has 0 bridgehead atoms. The maximum absolute atomic E-state index is 11.4. The Morgan fingerprint density at radius 2 is 1.16 bits per heavy atom. The number of carbonyl (C=O) groups excluding carboxylic acids is 1. The van der Waals surface area contributed by atoms with Crippen LogP contribution in [0.1, 0.15) is 32.6 Å². The number of likely N-dealkylation sites (N-methyl/N-ethyl adjacent to an activating group) is 1. The molecule has 10 rings (SSSR count). The molecule has 0 radical (unpaired) electrons. The average Bonchev–Trinajstić information content (AvgIpc) is 4.11. The Hall–Kier alpha value is -6.99. The summed E-state index contributed by atoms with van der Waals surface area (Å²) in [6.07, 6.45) is 11.6. The summed E-state index contributed by atoms with van der Waals surface area (Å²) in [7, 11) is 7.52. The van der Waals surface area contributed by atoms with Crippen molar-refractivity contribution in [2.24, 2.45) is 0 Å². The molecule has 13 nitrogen and oxygen atoms in total. The molecular weight excluding hydrogens is 769 g/mol. The van der Waals surface area contributed by atoms with E-state index < -0.39 is 0 Å². The summed E-state index contributed by atoms with van der Waals surface area (Å²) in [6, 6.07) is 28.3. The number of aromatic amines is 2. The zero-order chi connectivity index (χ0) is 42.1. The van der Waals surface area contributed by atoms with E-state index in [1.807, 2.05) is 67.1 Å². The van der Waals surface area contributed by atoms with Gasteiger partial charge in [0.1, 0.15) is 13.2 Å². The molecule has 61 heavy (non-hydrogen) atoms. The summed E-state index contributed by atoms with van der Waals surface area (Å²) in [5.41, 5.74) is 7.69. The van der Waals surface area contributed by atoms with Gasteiger partial charge in [0.05, 0.1) is 36.3 Å². The first kappa shape index (κ1) is 39.5. The SMILES string of the molecule is COc1cc2c(Nc3ccc4[nH]ccc4c3)ccnc2cc1OCC1(N(C)C)CC1.COc1cc2c(Nc3ccc4[nH]ccc4c3)ccnc2cc1OCC1(NC(C)=O)CC1. The second kappa shape index (κ2) is 16.2. The van der Waals surface area contributed by atoms with E-state index in [4.69, 9.17) is 18.9 Å². The van der Waals surface area contributed by atoms with Crippen LogP contribution in [-0.4, -0.2) is 83.3 Å². The van der Waals surface area contributed by atoms with Gasteiger partial charge in [-0.25, -0.2) is 0 Å². The van der Waals surface area contributed by atoms with Crippen LogP contribution in [0.2, 0.25) is 0 Å². The van der Waals surface area contributed by atoms with Crippen molar-refractivity contribution in [3.8, 4) is 23.0 Å². The lowest BCUT2D eigenvalue weighted by Gasteiger charge is -2.24. The first-order chi connectivity index (χ1) is 29.6. The lowest BCUT2D eigenvalue weighted by Crippen LogP contribution is -2.40. The molecule has 4 heterocycles. The van der Waals surface area contributed by atoms with Crippen molar-refractivity contribution in [3.05, 3.63) is 110 Å². The van der Waals surface area contributed by atoms with Crippen LogP contribution in [0.3, 0.4) is 0 Å². The number of methoxy groups -OCH3 is 2. The molecule has 2 aliphatic carbocycles. The van der Waals surface area contributed by atoms with Crippen molar-refractivity contribution >= 4 is 72.3 Å². The van der Waals surface area contributed by atoms with Crippen LogP contribution in [-0.2, 0) is 4.79 Å². The van der Waals surface area contributed by atoms with Crippen molar-refractivity contribution < 1.29 is 23.7 Å². The Morgan fingerprint density at radius 1 is 0.656 bits per heavy atom. The number of carbonyl (C=O) groups is 1. The highest BCUT2D eigenvalue weighted by molar-refractivity contribution is 5.97. The fourth-order valence-corrected chi connectivity index (χ4v) is 7.77. The number of aromatic nitrogens is 4. The second-order valence-corrected chi connectivity index (χ2v) is 16.2. The van der Waals surface area contributed by atoms with Gasteiger partial charge < -0.3 is 49.8 Å². The number of benzene rings is 4. The minimum Gasteiger partial charge on any atom is -0.493 e. The summed E-state index contributed by atoms with van der Waals surface area (Å²) in [4.78, 5) is 29.2. The molecule has 2 saturated carbocycles. The van der Waals surface area contributed by atoms with Crippen LogP contribution in [0.5, 0.6) is 23.0 Å². The Balaban J connectivity index is 0.000000156. The molecule has 0 spiro atoms. The lowest BCUT2D eigenvalue weighted by atomic mass is 10.1. The standard InChI is InChI=1S/C24H24N4O3.C24H26N4O2/c1-15(29)28-24(7-8-24)14-31-23-13-21-18(12-22(23)30-2)20(6-10-26-21)27-17-3-4-19-16(11-17)5-9-25-19;1-28(2)24(8-9-24)15-30-23-14-21-18(13-22(23)29-3)20(7-11-26-21)27-17-4-5-19-16(12-17)6-10-25-19/h3-6,9-13,25H,7-8,14H2,1-2H3,(H,26,27)(H,28,29);4-7,10-14,25H,8-9,15H2,1-3H3,(H,26,27). The Morgan fingerprint density at radius 3 is 1.61 bits per heavy atom. The van der Waals surface area contributed by atoms with Gasteiger partial charge in [-0.15, -0.1) is 0 Å². The zero-order valence-corrected chi connectivity index (χ0v) is 35.0. The van der Waals surface area contributed by atoms with Gasteiger partial charge in [-0.1, -0.05) is 0 Å². The van der Waals surface area contributed by atoms with E-state index in [1.165, 1.54) is 12.3 Å². The summed E-state index contributed by atoms with van der Waals surface area (Å²) in [6.45, 7) is 2.59. The topological polar surface area (TPSA) is 151 Å². The molecule has 1 amide bonds. The van der Waals surface area contributed by atoms with Gasteiger partial charge >= 0.3 is 0 Å². The molecule has 4 aromatic carbocycles. The number of H-pyrrole nitrogens is 2. The van der Waals surface area contributed by atoms with E-state index in [1.54, 1.807) is 20.4 Å². The molecule has 0 saturated heterocycles. The third-order valence-electron chi connectivity index (χ3n) is 11.8. The zero-order valence-electron chi connectivity index (χ0n) is 35.0. The Kier molecular flexibility index (Phi) is 10.5. The van der Waals surface area contributed by atoms with Crippen molar-refractivity contribution in [2.75, 3.05) is 52.2 Å². The van der Waals surface area contributed by atoms with Crippen LogP contribution in [0, 0.1) is 0 Å². The first-order valence-corrected chi connectivity index (χ1v) is 20.5. The molecule has 8 aromatic rings. The lowest BCUT2D eigenvalue weighted by molar-refractivity contribution is -0.120. The van der Waals surface area contributed by atoms with Crippen LogP contribution < -0.4 is 34.9 Å². The Bertz CT molecular complexity index is 2880. The van der Waals surface area contributed by atoms with Crippen LogP contribution >= 0.6 is 0 Å². The highest BCUT2D eigenvalue weighted by atomic mass is 16.5. The molecule has 2 fully saturated rings. The predicted molar refractivity (Wildman–Crippen MR) is 242 cm³/mol. The summed E-state index contributed by atoms with van der Waals surface area (Å²) in [5, 5.41) is 14.2. The number of fused-ring (bicyclic) bond motifs is 4.